The molecule has 1 heterocycles. The molecule has 1 aromatic carbocycles. The van der Waals surface area contributed by atoms with Crippen LogP contribution in [0.15, 0.2) is 18.2 Å². The first-order chi connectivity index (χ1) is 5.25. The van der Waals surface area contributed by atoms with Gasteiger partial charge in [0, 0.05) is 6.42 Å². The number of hydrogen-bond acceptors (Lipinski definition) is 1. The molecule has 2 rings (SSSR count). The fourth-order valence-corrected chi connectivity index (χ4v) is 1.84. The van der Waals surface area contributed by atoms with E-state index >= 15 is 0 Å². The van der Waals surface area contributed by atoms with E-state index in [4.69, 9.17) is 4.74 Å². The molecule has 2 heteroatoms. The minimum atomic E-state index is 0.180. The summed E-state index contributed by atoms with van der Waals surface area (Å²) in [4.78, 5) is 0. The van der Waals surface area contributed by atoms with Crippen LogP contribution in [0, 0.1) is 6.92 Å². The predicted octanol–water partition coefficient (Wildman–Crippen LogP) is 2.65. The Morgan fingerprint density at radius 3 is 3.18 bits per heavy atom. The van der Waals surface area contributed by atoms with Crippen molar-refractivity contribution in [3.63, 3.8) is 0 Å². The molecule has 11 heavy (non-hydrogen) atoms. The minimum absolute atomic E-state index is 0.180. The molecule has 1 unspecified atom stereocenters. The average molecular weight is 213 g/mol. The van der Waals surface area contributed by atoms with Crippen molar-refractivity contribution in [2.75, 3.05) is 0 Å². The fraction of sp³-hybridized carbons (Fsp3) is 0.333. The Balaban J connectivity index is 2.43. The molecular weight excluding hydrogens is 204 g/mol. The summed E-state index contributed by atoms with van der Waals surface area (Å²) in [6, 6.07) is 6.33. The summed E-state index contributed by atoms with van der Waals surface area (Å²) in [5.74, 6) is 1.03. The fourth-order valence-electron chi connectivity index (χ4n) is 1.29. The third-order valence-electron chi connectivity index (χ3n) is 1.86. The first-order valence-electron chi connectivity index (χ1n) is 3.66. The van der Waals surface area contributed by atoms with Crippen LogP contribution >= 0.6 is 15.9 Å². The quantitative estimate of drug-likeness (QED) is 0.602. The third kappa shape index (κ3) is 1.27. The summed E-state index contributed by atoms with van der Waals surface area (Å²) in [5, 5.41) is 0.180. The van der Waals surface area contributed by atoms with Crippen molar-refractivity contribution >= 4 is 15.9 Å². The van der Waals surface area contributed by atoms with E-state index in [-0.39, 0.29) is 5.01 Å². The monoisotopic (exact) mass is 212 g/mol. The van der Waals surface area contributed by atoms with Crippen molar-refractivity contribution in [1.82, 2.24) is 0 Å². The van der Waals surface area contributed by atoms with Crippen molar-refractivity contribution in [3.8, 4) is 5.75 Å². The van der Waals surface area contributed by atoms with Gasteiger partial charge in [0.25, 0.3) is 0 Å². The van der Waals surface area contributed by atoms with Crippen LogP contribution < -0.4 is 4.74 Å². The summed E-state index contributed by atoms with van der Waals surface area (Å²) in [6.07, 6.45) is 0.982. The van der Waals surface area contributed by atoms with Gasteiger partial charge in [0.1, 0.15) is 5.75 Å². The number of fused-ring (bicyclic) bond motifs is 1. The summed E-state index contributed by atoms with van der Waals surface area (Å²) in [7, 11) is 0. The summed E-state index contributed by atoms with van der Waals surface area (Å²) in [6.45, 7) is 2.07. The Kier molecular flexibility index (Phi) is 1.64. The van der Waals surface area contributed by atoms with E-state index < -0.39 is 0 Å². The van der Waals surface area contributed by atoms with Gasteiger partial charge in [-0.2, -0.15) is 0 Å². The molecule has 1 nitrogen and oxygen atoms in total. The van der Waals surface area contributed by atoms with E-state index in [0.29, 0.717) is 0 Å². The molecule has 0 aromatic heterocycles. The van der Waals surface area contributed by atoms with Crippen LogP contribution in [-0.4, -0.2) is 5.01 Å². The number of hydrogen-bond donors (Lipinski definition) is 0. The lowest BCUT2D eigenvalue weighted by Gasteiger charge is -2.00. The molecule has 0 saturated heterocycles. The molecule has 0 aliphatic carbocycles. The number of alkyl halides is 1. The van der Waals surface area contributed by atoms with E-state index in [9.17, 15) is 0 Å². The second kappa shape index (κ2) is 2.52. The molecular formula is C9H9BrO. The van der Waals surface area contributed by atoms with E-state index in [0.717, 1.165) is 12.2 Å². The molecule has 0 saturated carbocycles. The highest BCUT2D eigenvalue weighted by Gasteiger charge is 2.19. The van der Waals surface area contributed by atoms with Crippen LogP contribution in [0.5, 0.6) is 5.75 Å². The van der Waals surface area contributed by atoms with Gasteiger partial charge in [-0.3, -0.25) is 0 Å². The predicted molar refractivity (Wildman–Crippen MR) is 48.2 cm³/mol. The Labute approximate surface area is 74.5 Å². The number of ether oxygens (including phenoxy) is 1. The molecule has 58 valence electrons. The lowest BCUT2D eigenvalue weighted by Crippen LogP contribution is -2.00. The van der Waals surface area contributed by atoms with Crippen LogP contribution in [-0.2, 0) is 6.42 Å². The molecule has 0 N–H and O–H groups in total. The summed E-state index contributed by atoms with van der Waals surface area (Å²) < 4.78 is 5.50. The van der Waals surface area contributed by atoms with Crippen molar-refractivity contribution in [1.29, 1.82) is 0 Å². The first kappa shape index (κ1) is 7.17. The Morgan fingerprint density at radius 1 is 1.55 bits per heavy atom. The average Bonchev–Trinajstić information content (AvgIpc) is 2.27. The lowest BCUT2D eigenvalue weighted by atomic mass is 10.1. The van der Waals surface area contributed by atoms with Crippen molar-refractivity contribution < 1.29 is 4.74 Å². The zero-order chi connectivity index (χ0) is 7.84. The van der Waals surface area contributed by atoms with Gasteiger partial charge >= 0.3 is 0 Å². The van der Waals surface area contributed by atoms with Gasteiger partial charge in [0.2, 0.25) is 0 Å². The lowest BCUT2D eigenvalue weighted by molar-refractivity contribution is 0.329. The summed E-state index contributed by atoms with van der Waals surface area (Å²) >= 11 is 3.42. The Bertz CT molecular complexity index is 283. The second-order valence-corrected chi connectivity index (χ2v) is 3.86. The van der Waals surface area contributed by atoms with E-state index in [1.54, 1.807) is 0 Å². The highest BCUT2D eigenvalue weighted by atomic mass is 79.9. The zero-order valence-electron chi connectivity index (χ0n) is 6.30. The van der Waals surface area contributed by atoms with Crippen LogP contribution in [0.3, 0.4) is 0 Å². The van der Waals surface area contributed by atoms with E-state index in [2.05, 4.69) is 41.1 Å². The topological polar surface area (TPSA) is 9.23 Å². The maximum Gasteiger partial charge on any atom is 0.157 e. The summed E-state index contributed by atoms with van der Waals surface area (Å²) in [5.41, 5.74) is 2.56. The number of halogens is 1. The van der Waals surface area contributed by atoms with Gasteiger partial charge in [-0.25, -0.2) is 0 Å². The van der Waals surface area contributed by atoms with E-state index in [1.807, 2.05) is 0 Å². The first-order valence-corrected chi connectivity index (χ1v) is 4.57. The number of aryl methyl sites for hydroxylation is 1. The highest BCUT2D eigenvalue weighted by Crippen LogP contribution is 2.31. The van der Waals surface area contributed by atoms with Gasteiger partial charge in [-0.1, -0.05) is 12.1 Å². The maximum atomic E-state index is 5.50. The van der Waals surface area contributed by atoms with Gasteiger partial charge in [0.05, 0.1) is 0 Å². The van der Waals surface area contributed by atoms with Crippen LogP contribution in [0.25, 0.3) is 0 Å². The molecule has 1 aliphatic heterocycles. The largest absolute Gasteiger partial charge is 0.479 e. The van der Waals surface area contributed by atoms with Crippen molar-refractivity contribution in [2.24, 2.45) is 0 Å². The smallest absolute Gasteiger partial charge is 0.157 e. The number of benzene rings is 1. The molecule has 0 bridgehead atoms. The normalized spacial score (nSPS) is 21.1. The van der Waals surface area contributed by atoms with Gasteiger partial charge in [0.15, 0.2) is 5.01 Å². The Hall–Kier alpha value is -0.500. The number of rotatable bonds is 0. The highest BCUT2D eigenvalue weighted by molar-refractivity contribution is 9.09. The van der Waals surface area contributed by atoms with Gasteiger partial charge in [-0.15, -0.1) is 0 Å². The van der Waals surface area contributed by atoms with Gasteiger partial charge < -0.3 is 4.74 Å². The molecule has 0 spiro atoms. The third-order valence-corrected chi connectivity index (χ3v) is 2.37. The molecule has 1 aliphatic rings. The van der Waals surface area contributed by atoms with Gasteiger partial charge in [-0.05, 0) is 40.0 Å². The Morgan fingerprint density at radius 2 is 2.36 bits per heavy atom. The van der Waals surface area contributed by atoms with Crippen molar-refractivity contribution in [3.05, 3.63) is 29.3 Å². The standard InChI is InChI=1S/C9H9BrO/c1-6-2-3-7-5-9(10)11-8(7)4-6/h2-4,9H,5H2,1H3. The molecule has 0 amide bonds. The van der Waals surface area contributed by atoms with E-state index in [1.165, 1.54) is 11.1 Å². The molecule has 0 fully saturated rings. The van der Waals surface area contributed by atoms with Crippen LogP contribution in [0.2, 0.25) is 0 Å². The zero-order valence-corrected chi connectivity index (χ0v) is 7.89. The maximum absolute atomic E-state index is 5.50. The second-order valence-electron chi connectivity index (χ2n) is 2.84. The van der Waals surface area contributed by atoms with Crippen molar-refractivity contribution in [2.45, 2.75) is 18.4 Å². The molecule has 0 radical (unpaired) electrons. The van der Waals surface area contributed by atoms with Crippen LogP contribution in [0.4, 0.5) is 0 Å². The minimum Gasteiger partial charge on any atom is -0.479 e. The molecule has 1 aromatic rings. The molecule has 1 atom stereocenters. The SMILES string of the molecule is Cc1ccc2c(c1)OC(Br)C2. The van der Waals surface area contributed by atoms with Crippen LogP contribution in [0.1, 0.15) is 11.1 Å².